The summed E-state index contributed by atoms with van der Waals surface area (Å²) in [7, 11) is 2.57. The number of nitrogens with one attached hydrogen (secondary N) is 5. The minimum Gasteiger partial charge on any atom is -0.469 e. The van der Waals surface area contributed by atoms with Crippen LogP contribution in [0.15, 0.2) is 72.8 Å². The summed E-state index contributed by atoms with van der Waals surface area (Å²) >= 11 is 11.0. The highest BCUT2D eigenvalue weighted by Gasteiger charge is 2.36. The molecule has 0 aliphatic heterocycles. The van der Waals surface area contributed by atoms with E-state index in [9.17, 15) is 47.9 Å². The first-order valence-corrected chi connectivity index (χ1v) is 22.4. The van der Waals surface area contributed by atoms with E-state index in [0.717, 1.165) is 0 Å². The average molecular weight is 971 g/mol. The third-order valence-corrected chi connectivity index (χ3v) is 11.6. The second-order valence-electron chi connectivity index (χ2n) is 16.2. The Hall–Kier alpha value is -7.08. The summed E-state index contributed by atoms with van der Waals surface area (Å²) in [5.74, 6) is -5.81. The van der Waals surface area contributed by atoms with Crippen molar-refractivity contribution >= 4 is 105 Å². The Morgan fingerprint density at radius 2 is 0.824 bits per heavy atom. The molecule has 2 aliphatic carbocycles. The molecule has 2 aliphatic rings. The molecule has 2 atom stereocenters. The fraction of sp³-hybridized carbons (Fsp3) is 0.306. The summed E-state index contributed by atoms with van der Waals surface area (Å²) in [5, 5.41) is 13.3. The maximum Gasteiger partial charge on any atom is 0.323 e. The van der Waals surface area contributed by atoms with Crippen molar-refractivity contribution in [1.29, 1.82) is 0 Å². The predicted molar refractivity (Wildman–Crippen MR) is 254 cm³/mol. The van der Waals surface area contributed by atoms with Crippen molar-refractivity contribution in [3.8, 4) is 0 Å². The molecule has 5 N–H and O–H groups in total. The fourth-order valence-corrected chi connectivity index (χ4v) is 7.89. The molecule has 0 aromatic heterocycles. The van der Waals surface area contributed by atoms with Crippen molar-refractivity contribution in [2.24, 2.45) is 17.8 Å². The summed E-state index contributed by atoms with van der Waals surface area (Å²) in [5.41, 5.74) is 1.52. The molecule has 0 heterocycles. The monoisotopic (exact) mass is 969 g/mol. The molecule has 4 amide bonds. The number of fused-ring (bicyclic) bond motifs is 4. The lowest BCUT2D eigenvalue weighted by atomic mass is 9.82. The smallest absolute Gasteiger partial charge is 0.323 e. The van der Waals surface area contributed by atoms with Gasteiger partial charge in [0.05, 0.1) is 71.7 Å². The van der Waals surface area contributed by atoms with Crippen LogP contribution in [-0.4, -0.2) is 97.3 Å². The van der Waals surface area contributed by atoms with Crippen molar-refractivity contribution in [2.75, 3.05) is 53.8 Å². The van der Waals surface area contributed by atoms with Crippen molar-refractivity contribution in [2.45, 2.75) is 46.6 Å². The topological polar surface area (TPSA) is 249 Å². The number of carbonyl (C=O) groups excluding carboxylic acids is 10. The minimum absolute atomic E-state index is 0.0121. The van der Waals surface area contributed by atoms with Gasteiger partial charge in [0.25, 0.3) is 0 Å². The first-order chi connectivity index (χ1) is 32.4. The number of ketones is 4. The SMILES string of the molecule is COC(=O)[C@H](CCC(=O)Nc1cccc2c1C(=O)c1cccc(NC(=O)CN[C@@H](C(=O)OC)C(C)C)c1C2=O)C(C)C.O=C(CCl)Nc1cccc2c1C(=O)c1cccc(NC(=O)CCl)c1C2=O. The summed E-state index contributed by atoms with van der Waals surface area (Å²) in [6.45, 7) is 7.12. The van der Waals surface area contributed by atoms with Gasteiger partial charge in [0.15, 0.2) is 23.1 Å². The molecule has 17 nitrogen and oxygen atoms in total. The largest absolute Gasteiger partial charge is 0.469 e. The molecule has 0 unspecified atom stereocenters. The summed E-state index contributed by atoms with van der Waals surface area (Å²) in [4.78, 5) is 126. The average Bonchev–Trinajstić information content (AvgIpc) is 3.32. The zero-order valence-electron chi connectivity index (χ0n) is 37.9. The normalized spacial score (nSPS) is 13.1. The van der Waals surface area contributed by atoms with Gasteiger partial charge in [0.1, 0.15) is 17.8 Å². The number of methoxy groups -OCH3 is 2. The molecule has 19 heteroatoms. The number of amides is 4. The minimum atomic E-state index is -0.703. The van der Waals surface area contributed by atoms with Crippen molar-refractivity contribution in [3.63, 3.8) is 0 Å². The number of halogens is 2. The van der Waals surface area contributed by atoms with E-state index in [1.807, 2.05) is 27.7 Å². The Morgan fingerprint density at radius 3 is 1.13 bits per heavy atom. The van der Waals surface area contributed by atoms with Crippen molar-refractivity contribution in [1.82, 2.24) is 5.32 Å². The Labute approximate surface area is 401 Å². The lowest BCUT2D eigenvalue weighted by Gasteiger charge is -2.23. The van der Waals surface area contributed by atoms with Crippen LogP contribution < -0.4 is 26.6 Å². The van der Waals surface area contributed by atoms with Gasteiger partial charge < -0.3 is 30.7 Å². The quantitative estimate of drug-likeness (QED) is 0.0539. The molecule has 68 heavy (non-hydrogen) atoms. The number of hydrogen-bond donors (Lipinski definition) is 5. The van der Waals surface area contributed by atoms with E-state index in [1.165, 1.54) is 62.8 Å². The van der Waals surface area contributed by atoms with E-state index < -0.39 is 70.7 Å². The number of esters is 2. The molecule has 356 valence electrons. The first kappa shape index (κ1) is 51.9. The van der Waals surface area contributed by atoms with Crippen LogP contribution in [-0.2, 0) is 38.2 Å². The summed E-state index contributed by atoms with van der Waals surface area (Å²) < 4.78 is 9.62. The van der Waals surface area contributed by atoms with Gasteiger partial charge in [0, 0.05) is 28.7 Å². The molecule has 0 saturated carbocycles. The number of alkyl halides is 2. The van der Waals surface area contributed by atoms with Gasteiger partial charge in [-0.05, 0) is 42.5 Å². The van der Waals surface area contributed by atoms with Crippen LogP contribution in [0.1, 0.15) is 104 Å². The molecule has 0 bridgehead atoms. The van der Waals surface area contributed by atoms with Gasteiger partial charge in [-0.1, -0.05) is 76.2 Å². The first-order valence-electron chi connectivity index (χ1n) is 21.3. The van der Waals surface area contributed by atoms with Crippen LogP contribution in [0.25, 0.3) is 0 Å². The fourth-order valence-electron chi connectivity index (χ4n) is 7.76. The third-order valence-electron chi connectivity index (χ3n) is 11.1. The maximum atomic E-state index is 13.6. The molecule has 4 aromatic carbocycles. The van der Waals surface area contributed by atoms with Crippen LogP contribution >= 0.6 is 23.2 Å². The highest BCUT2D eigenvalue weighted by Crippen LogP contribution is 2.37. The molecule has 6 rings (SSSR count). The van der Waals surface area contributed by atoms with Crippen LogP contribution in [0, 0.1) is 17.8 Å². The Bertz CT molecular complexity index is 2530. The Kier molecular flexibility index (Phi) is 17.6. The molecule has 0 saturated heterocycles. The van der Waals surface area contributed by atoms with Gasteiger partial charge in [-0.25, -0.2) is 0 Å². The number of carbonyl (C=O) groups is 10. The standard InChI is InChI=1S/C31H37N3O8.C18H12Cl2N2O4/c1-16(2)18(30(39)41-5)13-14-23(35)33-21-11-7-9-19-25(21)28(37)20-10-8-12-22(26(20)29(19)38)34-24(36)15-32-27(17(3)4)31(40)42-6;19-7-13(23)21-11-5-1-3-9-15(11)18(26)10-4-2-6-12(16(10)17(9)25)22-14(24)8-20/h7-12,16-18,27,32H,13-15H2,1-6H3,(H,33,35)(H,34,36);1-6H,7-8H2,(H,21,23)(H,22,24)/t18-,27-;/m1./s1. The lowest BCUT2D eigenvalue weighted by molar-refractivity contribution is -0.147. The number of benzene rings is 4. The van der Waals surface area contributed by atoms with Crippen molar-refractivity contribution < 1.29 is 57.4 Å². The van der Waals surface area contributed by atoms with Gasteiger partial charge in [0.2, 0.25) is 23.6 Å². The van der Waals surface area contributed by atoms with Crippen LogP contribution in [0.3, 0.4) is 0 Å². The molecule has 4 aromatic rings. The van der Waals surface area contributed by atoms with Gasteiger partial charge in [-0.2, -0.15) is 0 Å². The highest BCUT2D eigenvalue weighted by atomic mass is 35.5. The number of rotatable bonds is 16. The van der Waals surface area contributed by atoms with E-state index in [4.69, 9.17) is 32.7 Å². The van der Waals surface area contributed by atoms with Crippen LogP contribution in [0.5, 0.6) is 0 Å². The molecule has 0 radical (unpaired) electrons. The highest BCUT2D eigenvalue weighted by molar-refractivity contribution is 6.35. The Balaban J connectivity index is 0.000000283. The van der Waals surface area contributed by atoms with Crippen LogP contribution in [0.2, 0.25) is 0 Å². The van der Waals surface area contributed by atoms with E-state index in [-0.39, 0.29) is 110 Å². The second kappa shape index (κ2) is 23.1. The third kappa shape index (κ3) is 11.5. The maximum absolute atomic E-state index is 13.6. The van der Waals surface area contributed by atoms with Gasteiger partial charge >= 0.3 is 11.9 Å². The van der Waals surface area contributed by atoms with Crippen molar-refractivity contribution in [3.05, 3.63) is 117 Å². The van der Waals surface area contributed by atoms with E-state index in [1.54, 1.807) is 24.3 Å². The van der Waals surface area contributed by atoms with Gasteiger partial charge in [-0.3, -0.25) is 53.3 Å². The number of hydrogen-bond acceptors (Lipinski definition) is 13. The van der Waals surface area contributed by atoms with E-state index in [2.05, 4.69) is 26.6 Å². The molecule has 0 spiro atoms. The summed E-state index contributed by atoms with van der Waals surface area (Å²) in [6, 6.07) is 17.6. The number of ether oxygens (including phenoxy) is 2. The molecular formula is C49H49Cl2N5O12. The van der Waals surface area contributed by atoms with E-state index in [0.29, 0.717) is 0 Å². The second-order valence-corrected chi connectivity index (χ2v) is 16.8. The predicted octanol–water partition coefficient (Wildman–Crippen LogP) is 6.17. The summed E-state index contributed by atoms with van der Waals surface area (Å²) in [6.07, 6.45) is 0.272. The lowest BCUT2D eigenvalue weighted by Crippen LogP contribution is -2.45. The van der Waals surface area contributed by atoms with Crippen LogP contribution in [0.4, 0.5) is 22.7 Å². The number of anilines is 4. The Morgan fingerprint density at radius 1 is 0.485 bits per heavy atom. The zero-order chi connectivity index (χ0) is 50.0. The molecular weight excluding hydrogens is 921 g/mol. The van der Waals surface area contributed by atoms with E-state index >= 15 is 0 Å². The van der Waals surface area contributed by atoms with Gasteiger partial charge in [-0.15, -0.1) is 23.2 Å². The molecule has 0 fully saturated rings. The zero-order valence-corrected chi connectivity index (χ0v) is 39.4.